The van der Waals surface area contributed by atoms with Crippen LogP contribution in [0.2, 0.25) is 0 Å². The molecule has 0 unspecified atom stereocenters. The van der Waals surface area contributed by atoms with E-state index in [-0.39, 0.29) is 24.1 Å². The van der Waals surface area contributed by atoms with Crippen LogP contribution >= 0.6 is 23.1 Å². The standard InChI is InChI=1S/C17H20N6O3S2/c24-13-10-22(17(15(26)18-13)6-2-1-3-7-17)14(25)11-28-16-19-20-21-23(16)9-12-5-4-8-27-12/h4-5,8H,1-3,6-7,9-11H2,(H,18,24,26). The predicted molar refractivity (Wildman–Crippen MR) is 103 cm³/mol. The van der Waals surface area contributed by atoms with Crippen molar-refractivity contribution in [1.82, 2.24) is 30.4 Å². The topological polar surface area (TPSA) is 110 Å². The van der Waals surface area contributed by atoms with Gasteiger partial charge in [-0.3, -0.25) is 19.7 Å². The van der Waals surface area contributed by atoms with Gasteiger partial charge in [0.1, 0.15) is 12.1 Å². The maximum Gasteiger partial charge on any atom is 0.252 e. The van der Waals surface area contributed by atoms with E-state index in [1.54, 1.807) is 16.0 Å². The number of amides is 3. The zero-order chi connectivity index (χ0) is 19.6. The van der Waals surface area contributed by atoms with E-state index in [1.165, 1.54) is 16.7 Å². The lowest BCUT2D eigenvalue weighted by Gasteiger charge is -2.47. The van der Waals surface area contributed by atoms with Crippen LogP contribution in [0, 0.1) is 0 Å². The fourth-order valence-corrected chi connectivity index (χ4v) is 5.25. The molecule has 28 heavy (non-hydrogen) atoms. The Labute approximate surface area is 169 Å². The van der Waals surface area contributed by atoms with Gasteiger partial charge in [0.25, 0.3) is 5.91 Å². The molecule has 1 saturated heterocycles. The molecule has 9 nitrogen and oxygen atoms in total. The maximum atomic E-state index is 13.0. The second-order valence-electron chi connectivity index (χ2n) is 6.94. The molecule has 4 rings (SSSR count). The Balaban J connectivity index is 1.46. The lowest BCUT2D eigenvalue weighted by molar-refractivity contribution is -0.158. The van der Waals surface area contributed by atoms with Crippen LogP contribution in [0.1, 0.15) is 37.0 Å². The fraction of sp³-hybridized carbons (Fsp3) is 0.529. The summed E-state index contributed by atoms with van der Waals surface area (Å²) < 4.78 is 1.65. The molecule has 11 heteroatoms. The Bertz CT molecular complexity index is 875. The number of nitrogens with zero attached hydrogens (tertiary/aromatic N) is 5. The van der Waals surface area contributed by atoms with Crippen LogP contribution in [0.3, 0.4) is 0 Å². The molecule has 3 heterocycles. The molecule has 2 aliphatic rings. The Morgan fingerprint density at radius 2 is 2.11 bits per heavy atom. The minimum absolute atomic E-state index is 0.0765. The summed E-state index contributed by atoms with van der Waals surface area (Å²) in [6, 6.07) is 3.96. The Hall–Kier alpha value is -2.27. The number of piperazine rings is 1. The van der Waals surface area contributed by atoms with E-state index in [9.17, 15) is 14.4 Å². The molecule has 0 bridgehead atoms. The van der Waals surface area contributed by atoms with Gasteiger partial charge in [-0.1, -0.05) is 37.1 Å². The average molecular weight is 421 g/mol. The van der Waals surface area contributed by atoms with Crippen LogP contribution in [0.15, 0.2) is 22.7 Å². The van der Waals surface area contributed by atoms with E-state index < -0.39 is 11.4 Å². The number of carbonyl (C=O) groups is 3. The normalized spacial score (nSPS) is 19.1. The number of thiophene rings is 1. The first-order valence-corrected chi connectivity index (χ1v) is 11.0. The van der Waals surface area contributed by atoms with E-state index in [1.807, 2.05) is 17.5 Å². The highest BCUT2D eigenvalue weighted by Gasteiger charge is 2.50. The minimum Gasteiger partial charge on any atom is -0.318 e. The third-order valence-corrected chi connectivity index (χ3v) is 6.99. The largest absolute Gasteiger partial charge is 0.318 e. The molecule has 1 spiro atoms. The SMILES string of the molecule is O=C1CN(C(=O)CSc2nnnn2Cc2cccs2)C2(CCCCC2)C(=O)N1. The number of nitrogens with one attached hydrogen (secondary N) is 1. The summed E-state index contributed by atoms with van der Waals surface area (Å²) in [7, 11) is 0. The lowest BCUT2D eigenvalue weighted by atomic mass is 9.78. The molecule has 1 saturated carbocycles. The molecule has 0 radical (unpaired) electrons. The number of tetrazole rings is 1. The van der Waals surface area contributed by atoms with Gasteiger partial charge in [-0.25, -0.2) is 4.68 Å². The summed E-state index contributed by atoms with van der Waals surface area (Å²) in [6.45, 7) is 0.459. The number of hydrogen-bond acceptors (Lipinski definition) is 8. The molecule has 0 atom stereocenters. The van der Waals surface area contributed by atoms with Crippen molar-refractivity contribution in [3.8, 4) is 0 Å². The molecule has 1 N–H and O–H groups in total. The first kappa shape index (κ1) is 19.1. The van der Waals surface area contributed by atoms with Crippen LogP contribution in [0.5, 0.6) is 0 Å². The van der Waals surface area contributed by atoms with Gasteiger partial charge in [0.05, 0.1) is 12.3 Å². The van der Waals surface area contributed by atoms with Gasteiger partial charge >= 0.3 is 0 Å². The molecule has 2 fully saturated rings. The van der Waals surface area contributed by atoms with Crippen LogP contribution in [0.25, 0.3) is 0 Å². The summed E-state index contributed by atoms with van der Waals surface area (Å²) in [5, 5.41) is 16.6. The van der Waals surface area contributed by atoms with Gasteiger partial charge in [0, 0.05) is 4.88 Å². The Morgan fingerprint density at radius 3 is 2.86 bits per heavy atom. The van der Waals surface area contributed by atoms with Crippen molar-refractivity contribution < 1.29 is 14.4 Å². The smallest absolute Gasteiger partial charge is 0.252 e. The molecule has 2 aromatic heterocycles. The summed E-state index contributed by atoms with van der Waals surface area (Å²) in [4.78, 5) is 40.1. The van der Waals surface area contributed by atoms with Crippen LogP contribution in [-0.4, -0.2) is 60.7 Å². The van der Waals surface area contributed by atoms with E-state index >= 15 is 0 Å². The van der Waals surface area contributed by atoms with E-state index in [2.05, 4.69) is 20.8 Å². The molecule has 1 aliphatic heterocycles. The quantitative estimate of drug-likeness (QED) is 0.569. The van der Waals surface area contributed by atoms with Crippen LogP contribution < -0.4 is 5.32 Å². The summed E-state index contributed by atoms with van der Waals surface area (Å²) in [5.41, 5.74) is -0.896. The van der Waals surface area contributed by atoms with Gasteiger partial charge < -0.3 is 4.90 Å². The highest BCUT2D eigenvalue weighted by Crippen LogP contribution is 2.36. The molecule has 148 valence electrons. The summed E-state index contributed by atoms with van der Waals surface area (Å²) in [5.74, 6) is -0.931. The van der Waals surface area contributed by atoms with Gasteiger partial charge in [-0.2, -0.15) is 0 Å². The molecule has 2 aromatic rings. The number of imide groups is 1. The maximum absolute atomic E-state index is 13.0. The van der Waals surface area contributed by atoms with Crippen molar-refractivity contribution in [3.63, 3.8) is 0 Å². The van der Waals surface area contributed by atoms with Gasteiger partial charge in [-0.15, -0.1) is 16.4 Å². The third-order valence-electron chi connectivity index (χ3n) is 5.19. The van der Waals surface area contributed by atoms with Gasteiger partial charge in [0.15, 0.2) is 0 Å². The van der Waals surface area contributed by atoms with Crippen molar-refractivity contribution in [1.29, 1.82) is 0 Å². The monoisotopic (exact) mass is 420 g/mol. The number of hydrogen-bond donors (Lipinski definition) is 1. The molecular weight excluding hydrogens is 400 g/mol. The summed E-state index contributed by atoms with van der Waals surface area (Å²) >= 11 is 2.83. The highest BCUT2D eigenvalue weighted by molar-refractivity contribution is 7.99. The van der Waals surface area contributed by atoms with Crippen molar-refractivity contribution in [2.75, 3.05) is 12.3 Å². The zero-order valence-electron chi connectivity index (χ0n) is 15.2. The minimum atomic E-state index is -0.896. The number of thioether (sulfide) groups is 1. The van der Waals surface area contributed by atoms with Crippen molar-refractivity contribution in [2.45, 2.75) is 49.3 Å². The van der Waals surface area contributed by atoms with E-state index in [0.717, 1.165) is 24.1 Å². The number of carbonyl (C=O) groups excluding carboxylic acids is 3. The number of aromatic nitrogens is 4. The second kappa shape index (κ2) is 8.00. The molecule has 1 aliphatic carbocycles. The zero-order valence-corrected chi connectivity index (χ0v) is 16.8. The second-order valence-corrected chi connectivity index (χ2v) is 8.91. The van der Waals surface area contributed by atoms with Crippen LogP contribution in [0.4, 0.5) is 0 Å². The first-order chi connectivity index (χ1) is 13.6. The third kappa shape index (κ3) is 3.68. The summed E-state index contributed by atoms with van der Waals surface area (Å²) in [6.07, 6.45) is 3.98. The Kier molecular flexibility index (Phi) is 5.44. The highest BCUT2D eigenvalue weighted by atomic mass is 32.2. The average Bonchev–Trinajstić information content (AvgIpc) is 3.36. The first-order valence-electron chi connectivity index (χ1n) is 9.14. The van der Waals surface area contributed by atoms with Gasteiger partial charge in [0.2, 0.25) is 17.0 Å². The molecule has 3 amide bonds. The van der Waals surface area contributed by atoms with Gasteiger partial charge in [-0.05, 0) is 34.7 Å². The molecular formula is C17H20N6O3S2. The lowest BCUT2D eigenvalue weighted by Crippen LogP contribution is -2.69. The number of rotatable bonds is 5. The van der Waals surface area contributed by atoms with Crippen LogP contribution in [-0.2, 0) is 20.9 Å². The molecule has 0 aromatic carbocycles. The van der Waals surface area contributed by atoms with Crippen molar-refractivity contribution >= 4 is 40.8 Å². The van der Waals surface area contributed by atoms with E-state index in [0.29, 0.717) is 24.5 Å². The van der Waals surface area contributed by atoms with Crippen molar-refractivity contribution in [2.24, 2.45) is 0 Å². The van der Waals surface area contributed by atoms with E-state index in [4.69, 9.17) is 0 Å². The fourth-order valence-electron chi connectivity index (χ4n) is 3.81. The predicted octanol–water partition coefficient (Wildman–Crippen LogP) is 1.06. The Morgan fingerprint density at radius 1 is 1.29 bits per heavy atom. The van der Waals surface area contributed by atoms with Crippen molar-refractivity contribution in [3.05, 3.63) is 22.4 Å².